The van der Waals surface area contributed by atoms with Gasteiger partial charge in [-0.3, -0.25) is 9.80 Å². The van der Waals surface area contributed by atoms with Crippen LogP contribution >= 0.6 is 11.3 Å². The smallest absolute Gasteiger partial charge is 0.0954 e. The normalized spacial score (nSPS) is 25.6. The van der Waals surface area contributed by atoms with Gasteiger partial charge >= 0.3 is 0 Å². The maximum atomic E-state index is 4.75. The van der Waals surface area contributed by atoms with Gasteiger partial charge in [-0.25, -0.2) is 4.98 Å². The first kappa shape index (κ1) is 14.4. The van der Waals surface area contributed by atoms with Crippen LogP contribution in [0.5, 0.6) is 0 Å². The summed E-state index contributed by atoms with van der Waals surface area (Å²) in [5.74, 6) is 0.556. The third-order valence-corrected chi connectivity index (χ3v) is 5.60. The molecule has 112 valence electrons. The largest absolute Gasteiger partial charge is 0.315 e. The fourth-order valence-electron chi connectivity index (χ4n) is 3.13. The second kappa shape index (κ2) is 6.52. The fraction of sp³-hybridized carbons (Fsp3) is 0.800. The molecule has 1 atom stereocenters. The third kappa shape index (κ3) is 3.39. The molecule has 5 heteroatoms. The number of nitrogens with one attached hydrogen (secondary N) is 1. The van der Waals surface area contributed by atoms with E-state index in [0.29, 0.717) is 5.92 Å². The van der Waals surface area contributed by atoms with Crippen molar-refractivity contribution in [2.24, 2.45) is 0 Å². The average molecular weight is 294 g/mol. The number of rotatable bonds is 4. The quantitative estimate of drug-likeness (QED) is 0.917. The van der Waals surface area contributed by atoms with Gasteiger partial charge in [0.2, 0.25) is 0 Å². The Kier molecular flexibility index (Phi) is 4.71. The van der Waals surface area contributed by atoms with Gasteiger partial charge in [0.05, 0.1) is 10.7 Å². The molecule has 0 aliphatic carbocycles. The molecule has 1 unspecified atom stereocenters. The molecule has 4 nitrogen and oxygen atoms in total. The zero-order chi connectivity index (χ0) is 13.9. The van der Waals surface area contributed by atoms with E-state index in [-0.39, 0.29) is 0 Å². The first-order valence-electron chi connectivity index (χ1n) is 7.84. The molecule has 3 rings (SSSR count). The molecule has 2 fully saturated rings. The maximum Gasteiger partial charge on any atom is 0.0954 e. The second-order valence-corrected chi connectivity index (χ2v) is 7.18. The molecule has 0 bridgehead atoms. The topological polar surface area (TPSA) is 31.4 Å². The molecule has 0 spiro atoms. The van der Waals surface area contributed by atoms with E-state index in [4.69, 9.17) is 4.98 Å². The summed E-state index contributed by atoms with van der Waals surface area (Å²) in [5.41, 5.74) is 1.26. The van der Waals surface area contributed by atoms with E-state index in [1.54, 1.807) is 0 Å². The molecule has 2 saturated heterocycles. The van der Waals surface area contributed by atoms with Crippen molar-refractivity contribution in [2.45, 2.75) is 38.8 Å². The minimum absolute atomic E-state index is 0.556. The lowest BCUT2D eigenvalue weighted by Gasteiger charge is -2.37. The molecule has 2 aliphatic heterocycles. The van der Waals surface area contributed by atoms with Crippen LogP contribution < -0.4 is 5.32 Å². The van der Waals surface area contributed by atoms with Crippen LogP contribution in [0.15, 0.2) is 5.38 Å². The molecule has 20 heavy (non-hydrogen) atoms. The van der Waals surface area contributed by atoms with Crippen molar-refractivity contribution in [3.63, 3.8) is 0 Å². The summed E-state index contributed by atoms with van der Waals surface area (Å²) in [6, 6.07) is 0.781. The Morgan fingerprint density at radius 3 is 2.75 bits per heavy atom. The Hall–Kier alpha value is -0.490. The Bertz CT molecular complexity index is 417. The third-order valence-electron chi connectivity index (χ3n) is 4.41. The monoisotopic (exact) mass is 294 g/mol. The lowest BCUT2D eigenvalue weighted by atomic mass is 10.2. The van der Waals surface area contributed by atoms with Gasteiger partial charge in [-0.2, -0.15) is 0 Å². The molecular weight excluding hydrogens is 268 g/mol. The molecule has 0 aromatic carbocycles. The summed E-state index contributed by atoms with van der Waals surface area (Å²) >= 11 is 1.81. The molecule has 0 radical (unpaired) electrons. The maximum absolute atomic E-state index is 4.75. The van der Waals surface area contributed by atoms with Gasteiger partial charge in [0, 0.05) is 56.6 Å². The summed E-state index contributed by atoms with van der Waals surface area (Å²) in [6.45, 7) is 12.6. The van der Waals surface area contributed by atoms with Crippen molar-refractivity contribution >= 4 is 11.3 Å². The van der Waals surface area contributed by atoms with E-state index in [1.807, 2.05) is 11.3 Å². The summed E-state index contributed by atoms with van der Waals surface area (Å²) in [6.07, 6.45) is 1.32. The van der Waals surface area contributed by atoms with Crippen LogP contribution in [0, 0.1) is 0 Å². The van der Waals surface area contributed by atoms with Crippen LogP contribution in [0.1, 0.15) is 36.9 Å². The zero-order valence-electron chi connectivity index (χ0n) is 12.6. The molecule has 1 aromatic heterocycles. The Morgan fingerprint density at radius 2 is 2.15 bits per heavy atom. The van der Waals surface area contributed by atoms with E-state index in [1.165, 1.54) is 56.4 Å². The van der Waals surface area contributed by atoms with Crippen LogP contribution in [0.3, 0.4) is 0 Å². The minimum Gasteiger partial charge on any atom is -0.315 e. The highest BCUT2D eigenvalue weighted by Crippen LogP contribution is 2.20. The van der Waals surface area contributed by atoms with Gasteiger partial charge < -0.3 is 5.32 Å². The Balaban J connectivity index is 1.48. The van der Waals surface area contributed by atoms with Gasteiger partial charge in [-0.1, -0.05) is 13.8 Å². The Morgan fingerprint density at radius 1 is 1.35 bits per heavy atom. The number of piperazine rings is 1. The van der Waals surface area contributed by atoms with Crippen molar-refractivity contribution in [3.8, 4) is 0 Å². The van der Waals surface area contributed by atoms with Crippen LogP contribution in [0.25, 0.3) is 0 Å². The molecule has 0 saturated carbocycles. The second-order valence-electron chi connectivity index (χ2n) is 6.29. The highest BCUT2D eigenvalue weighted by atomic mass is 32.1. The van der Waals surface area contributed by atoms with Gasteiger partial charge in [-0.15, -0.1) is 11.3 Å². The van der Waals surface area contributed by atoms with Crippen LogP contribution in [0.2, 0.25) is 0 Å². The molecular formula is C15H26N4S. The van der Waals surface area contributed by atoms with Crippen molar-refractivity contribution in [1.29, 1.82) is 0 Å². The van der Waals surface area contributed by atoms with E-state index in [2.05, 4.69) is 34.3 Å². The van der Waals surface area contributed by atoms with Crippen molar-refractivity contribution in [3.05, 3.63) is 16.1 Å². The predicted molar refractivity (Wildman–Crippen MR) is 84.3 cm³/mol. The van der Waals surface area contributed by atoms with Crippen LogP contribution in [-0.2, 0) is 6.54 Å². The van der Waals surface area contributed by atoms with Crippen molar-refractivity contribution in [2.75, 3.05) is 39.3 Å². The zero-order valence-corrected chi connectivity index (χ0v) is 13.5. The fourth-order valence-corrected chi connectivity index (χ4v) is 3.95. The minimum atomic E-state index is 0.556. The van der Waals surface area contributed by atoms with Crippen LogP contribution in [-0.4, -0.2) is 60.1 Å². The lowest BCUT2D eigenvalue weighted by Crippen LogP contribution is -2.50. The van der Waals surface area contributed by atoms with Crippen LogP contribution in [0.4, 0.5) is 0 Å². The molecule has 1 aromatic rings. The lowest BCUT2D eigenvalue weighted by molar-refractivity contribution is 0.0974. The average Bonchev–Trinajstić information content (AvgIpc) is 3.10. The summed E-state index contributed by atoms with van der Waals surface area (Å²) in [4.78, 5) is 9.97. The summed E-state index contributed by atoms with van der Waals surface area (Å²) in [7, 11) is 0. The van der Waals surface area contributed by atoms with E-state index < -0.39 is 0 Å². The number of aromatic nitrogens is 1. The van der Waals surface area contributed by atoms with Gasteiger partial charge in [-0.05, 0) is 13.0 Å². The molecule has 3 heterocycles. The predicted octanol–water partition coefficient (Wildman–Crippen LogP) is 1.75. The Labute approximate surface area is 126 Å². The van der Waals surface area contributed by atoms with Crippen molar-refractivity contribution in [1.82, 2.24) is 20.1 Å². The number of hydrogen-bond donors (Lipinski definition) is 1. The van der Waals surface area contributed by atoms with E-state index >= 15 is 0 Å². The first-order chi connectivity index (χ1) is 9.72. The standard InChI is InChI=1S/C15H26N4S/c1-12(2)15-17-13(11-20-15)10-18-5-7-19(8-6-18)14-3-4-16-9-14/h11-12,14,16H,3-10H2,1-2H3. The highest BCUT2D eigenvalue weighted by molar-refractivity contribution is 7.09. The first-order valence-corrected chi connectivity index (χ1v) is 8.72. The van der Waals surface area contributed by atoms with Gasteiger partial charge in [0.1, 0.15) is 0 Å². The van der Waals surface area contributed by atoms with E-state index in [9.17, 15) is 0 Å². The van der Waals surface area contributed by atoms with Gasteiger partial charge in [0.25, 0.3) is 0 Å². The number of thiazole rings is 1. The highest BCUT2D eigenvalue weighted by Gasteiger charge is 2.26. The van der Waals surface area contributed by atoms with Crippen molar-refractivity contribution < 1.29 is 0 Å². The van der Waals surface area contributed by atoms with Gasteiger partial charge in [0.15, 0.2) is 0 Å². The SMILES string of the molecule is CC(C)c1nc(CN2CCN(C3CCNC3)CC2)cs1. The number of hydrogen-bond acceptors (Lipinski definition) is 5. The molecule has 0 amide bonds. The number of nitrogens with zero attached hydrogens (tertiary/aromatic N) is 3. The molecule has 1 N–H and O–H groups in total. The summed E-state index contributed by atoms with van der Waals surface area (Å²) < 4.78 is 0. The molecule has 2 aliphatic rings. The summed E-state index contributed by atoms with van der Waals surface area (Å²) in [5, 5.41) is 6.98. The van der Waals surface area contributed by atoms with E-state index in [0.717, 1.165) is 12.6 Å².